The van der Waals surface area contributed by atoms with Crippen LogP contribution >= 0.6 is 31.9 Å². The van der Waals surface area contributed by atoms with E-state index in [2.05, 4.69) is 51.8 Å². The summed E-state index contributed by atoms with van der Waals surface area (Å²) in [5, 5.41) is 0. The number of methoxy groups -OCH3 is 1. The Bertz CT molecular complexity index is 465. The Morgan fingerprint density at radius 2 is 1.90 bits per heavy atom. The van der Waals surface area contributed by atoms with Crippen LogP contribution in [0.5, 0.6) is 5.75 Å². The van der Waals surface area contributed by atoms with Crippen LogP contribution in [-0.2, 0) is 0 Å². The van der Waals surface area contributed by atoms with Crippen LogP contribution in [0.25, 0.3) is 0 Å². The molecule has 0 heterocycles. The first-order valence-corrected chi connectivity index (χ1v) is 9.23. The summed E-state index contributed by atoms with van der Waals surface area (Å²) < 4.78 is 6.85. The summed E-state index contributed by atoms with van der Waals surface area (Å²) in [6.45, 7) is 4.30. The van der Waals surface area contributed by atoms with Crippen molar-refractivity contribution in [2.45, 2.75) is 57.2 Å². The maximum atomic E-state index is 5.67. The van der Waals surface area contributed by atoms with E-state index < -0.39 is 0 Å². The summed E-state index contributed by atoms with van der Waals surface area (Å²) >= 11 is 7.61. The molecule has 0 aliphatic heterocycles. The number of aryl methyl sites for hydroxylation is 1. The second-order valence-corrected chi connectivity index (χ2v) is 7.91. The molecule has 0 aromatic heterocycles. The topological polar surface area (TPSA) is 9.23 Å². The third-order valence-corrected chi connectivity index (χ3v) is 6.15. The van der Waals surface area contributed by atoms with Gasteiger partial charge in [-0.3, -0.25) is 0 Å². The van der Waals surface area contributed by atoms with Gasteiger partial charge in [-0.1, -0.05) is 64.0 Å². The summed E-state index contributed by atoms with van der Waals surface area (Å²) in [5.74, 6) is 1.90. The van der Waals surface area contributed by atoms with Crippen molar-refractivity contribution in [3.05, 3.63) is 27.2 Å². The van der Waals surface area contributed by atoms with E-state index in [4.69, 9.17) is 4.74 Å². The molecule has 0 amide bonds. The van der Waals surface area contributed by atoms with Crippen molar-refractivity contribution < 1.29 is 4.74 Å². The molecular formula is C17H24Br2O. The van der Waals surface area contributed by atoms with Gasteiger partial charge in [0.25, 0.3) is 0 Å². The van der Waals surface area contributed by atoms with Crippen LogP contribution < -0.4 is 4.74 Å². The van der Waals surface area contributed by atoms with Gasteiger partial charge < -0.3 is 4.74 Å². The monoisotopic (exact) mass is 402 g/mol. The van der Waals surface area contributed by atoms with E-state index >= 15 is 0 Å². The number of alkyl halides is 1. The van der Waals surface area contributed by atoms with Gasteiger partial charge in [-0.05, 0) is 43.4 Å². The Morgan fingerprint density at radius 3 is 2.50 bits per heavy atom. The van der Waals surface area contributed by atoms with Crippen molar-refractivity contribution in [1.29, 1.82) is 0 Å². The second-order valence-electron chi connectivity index (χ2n) is 5.95. The lowest BCUT2D eigenvalue weighted by Crippen LogP contribution is -2.10. The highest BCUT2D eigenvalue weighted by Crippen LogP contribution is 2.44. The molecule has 0 radical (unpaired) electrons. The molecular weight excluding hydrogens is 380 g/mol. The van der Waals surface area contributed by atoms with E-state index in [1.54, 1.807) is 7.11 Å². The summed E-state index contributed by atoms with van der Waals surface area (Å²) in [4.78, 5) is 0.386. The summed E-state index contributed by atoms with van der Waals surface area (Å²) in [6, 6.07) is 2.15. The zero-order valence-electron chi connectivity index (χ0n) is 12.6. The third-order valence-electron chi connectivity index (χ3n) is 4.49. The van der Waals surface area contributed by atoms with Crippen LogP contribution in [0, 0.1) is 19.8 Å². The van der Waals surface area contributed by atoms with Crippen LogP contribution in [0.3, 0.4) is 0 Å². The number of ether oxygens (including phenoxy) is 1. The van der Waals surface area contributed by atoms with Crippen LogP contribution in [0.4, 0.5) is 0 Å². The molecule has 0 N–H and O–H groups in total. The second kappa shape index (κ2) is 7.31. The molecule has 1 aliphatic rings. The minimum atomic E-state index is 0.386. The van der Waals surface area contributed by atoms with E-state index in [0.717, 1.165) is 11.7 Å². The predicted octanol–water partition coefficient (Wildman–Crippen LogP) is 6.48. The molecule has 3 heteroatoms. The zero-order chi connectivity index (χ0) is 14.7. The first-order chi connectivity index (χ1) is 9.54. The van der Waals surface area contributed by atoms with Gasteiger partial charge in [0.1, 0.15) is 5.75 Å². The number of halogens is 2. The fourth-order valence-electron chi connectivity index (χ4n) is 3.36. The number of hydrogen-bond donors (Lipinski definition) is 0. The third kappa shape index (κ3) is 3.59. The molecule has 1 atom stereocenters. The Kier molecular flexibility index (Phi) is 5.97. The summed E-state index contributed by atoms with van der Waals surface area (Å²) in [6.07, 6.45) is 8.21. The van der Waals surface area contributed by atoms with Gasteiger partial charge in [0.05, 0.1) is 7.11 Å². The molecule has 1 fully saturated rings. The van der Waals surface area contributed by atoms with Crippen molar-refractivity contribution in [1.82, 2.24) is 0 Å². The lowest BCUT2D eigenvalue weighted by atomic mass is 9.84. The Balaban J connectivity index is 2.25. The van der Waals surface area contributed by atoms with E-state index in [1.807, 2.05) is 0 Å². The fraction of sp³-hybridized carbons (Fsp3) is 0.647. The smallest absolute Gasteiger partial charge is 0.126 e. The van der Waals surface area contributed by atoms with E-state index in [0.29, 0.717) is 4.83 Å². The molecule has 1 aliphatic carbocycles. The largest absolute Gasteiger partial charge is 0.496 e. The molecule has 1 aromatic rings. The van der Waals surface area contributed by atoms with Gasteiger partial charge >= 0.3 is 0 Å². The van der Waals surface area contributed by atoms with Crippen LogP contribution in [0.2, 0.25) is 0 Å². The Hall–Kier alpha value is -0.0200. The minimum Gasteiger partial charge on any atom is -0.496 e. The van der Waals surface area contributed by atoms with Crippen LogP contribution in [0.15, 0.2) is 10.5 Å². The summed E-state index contributed by atoms with van der Waals surface area (Å²) in [7, 11) is 1.78. The van der Waals surface area contributed by atoms with Crippen molar-refractivity contribution in [3.8, 4) is 5.75 Å². The molecule has 1 aromatic carbocycles. The first-order valence-electron chi connectivity index (χ1n) is 7.52. The molecule has 0 spiro atoms. The van der Waals surface area contributed by atoms with Gasteiger partial charge in [-0.15, -0.1) is 0 Å². The first kappa shape index (κ1) is 16.4. The summed E-state index contributed by atoms with van der Waals surface area (Å²) in [5.41, 5.74) is 3.82. The SMILES string of the molecule is COc1c(C)cc(Br)c(C)c1C(Br)CC1CCCCC1. The number of hydrogen-bond acceptors (Lipinski definition) is 1. The maximum Gasteiger partial charge on any atom is 0.126 e. The fourth-order valence-corrected chi connectivity index (χ4v) is 4.99. The minimum absolute atomic E-state index is 0.386. The van der Waals surface area contributed by atoms with Crippen molar-refractivity contribution in [2.75, 3.05) is 7.11 Å². The average Bonchev–Trinajstić information content (AvgIpc) is 2.43. The maximum absolute atomic E-state index is 5.67. The van der Waals surface area contributed by atoms with Gasteiger partial charge in [0.15, 0.2) is 0 Å². The molecule has 2 rings (SSSR count). The number of benzene rings is 1. The highest BCUT2D eigenvalue weighted by molar-refractivity contribution is 9.10. The highest BCUT2D eigenvalue weighted by atomic mass is 79.9. The number of rotatable bonds is 4. The van der Waals surface area contributed by atoms with E-state index in [9.17, 15) is 0 Å². The zero-order valence-corrected chi connectivity index (χ0v) is 15.8. The molecule has 1 saturated carbocycles. The van der Waals surface area contributed by atoms with Crippen LogP contribution in [0.1, 0.15) is 60.0 Å². The van der Waals surface area contributed by atoms with Crippen molar-refractivity contribution in [2.24, 2.45) is 5.92 Å². The van der Waals surface area contributed by atoms with Crippen LogP contribution in [-0.4, -0.2) is 7.11 Å². The molecule has 0 bridgehead atoms. The predicted molar refractivity (Wildman–Crippen MR) is 93.0 cm³/mol. The lowest BCUT2D eigenvalue weighted by molar-refractivity contribution is 0.335. The van der Waals surface area contributed by atoms with E-state index in [-0.39, 0.29) is 0 Å². The Labute approximate surface area is 139 Å². The van der Waals surface area contributed by atoms with Crippen molar-refractivity contribution >= 4 is 31.9 Å². The van der Waals surface area contributed by atoms with Gasteiger partial charge in [-0.25, -0.2) is 0 Å². The standard InChI is InChI=1S/C17H24Br2O/c1-11-9-14(18)12(2)16(17(11)20-3)15(19)10-13-7-5-4-6-8-13/h9,13,15H,4-8,10H2,1-3H3. The molecule has 112 valence electrons. The highest BCUT2D eigenvalue weighted by Gasteiger charge is 2.24. The molecule has 0 saturated heterocycles. The normalized spacial score (nSPS) is 18.1. The van der Waals surface area contributed by atoms with Gasteiger partial charge in [-0.2, -0.15) is 0 Å². The quantitative estimate of drug-likeness (QED) is 0.522. The Morgan fingerprint density at radius 1 is 1.25 bits per heavy atom. The average molecular weight is 404 g/mol. The molecule has 1 unspecified atom stereocenters. The molecule has 20 heavy (non-hydrogen) atoms. The van der Waals surface area contributed by atoms with Crippen molar-refractivity contribution in [3.63, 3.8) is 0 Å². The van der Waals surface area contributed by atoms with E-state index in [1.165, 1.54) is 59.7 Å². The lowest BCUT2D eigenvalue weighted by Gasteiger charge is -2.26. The van der Waals surface area contributed by atoms with Gasteiger partial charge in [0, 0.05) is 14.9 Å². The van der Waals surface area contributed by atoms with Gasteiger partial charge in [0.2, 0.25) is 0 Å². The molecule has 1 nitrogen and oxygen atoms in total.